The van der Waals surface area contributed by atoms with E-state index in [-0.39, 0.29) is 17.9 Å². The number of hydrogen-bond donors (Lipinski definition) is 2. The van der Waals surface area contributed by atoms with Crippen LogP contribution in [-0.4, -0.2) is 19.7 Å². The summed E-state index contributed by atoms with van der Waals surface area (Å²) in [6.45, 7) is 0. The molecule has 0 atom stereocenters. The average Bonchev–Trinajstić information content (AvgIpc) is 2.40. The van der Waals surface area contributed by atoms with Gasteiger partial charge in [0.1, 0.15) is 11.5 Å². The van der Waals surface area contributed by atoms with Crippen LogP contribution in [0.3, 0.4) is 0 Å². The van der Waals surface area contributed by atoms with Gasteiger partial charge in [-0.3, -0.25) is 0 Å². The predicted octanol–water partition coefficient (Wildman–Crippen LogP) is 2.13. The number of benzene rings is 2. The Morgan fingerprint density at radius 2 is 1.10 bits per heavy atom. The van der Waals surface area contributed by atoms with E-state index in [1.54, 1.807) is 14.2 Å². The number of rotatable bonds is 3. The molecule has 2 rings (SSSR count). The van der Waals surface area contributed by atoms with Crippen LogP contribution in [0.15, 0.2) is 36.4 Å². The first-order chi connectivity index (χ1) is 8.65. The van der Waals surface area contributed by atoms with Crippen molar-refractivity contribution in [3.05, 3.63) is 36.4 Å². The van der Waals surface area contributed by atoms with E-state index in [4.69, 9.17) is 20.9 Å². The Kier molecular flexibility index (Phi) is 6.68. The number of halogens is 1. The van der Waals surface area contributed by atoms with Crippen LogP contribution >= 0.6 is 12.4 Å². The van der Waals surface area contributed by atoms with Crippen LogP contribution in [0.4, 0.5) is 11.4 Å². The number of anilines is 2. The first kappa shape index (κ1) is 17.9. The van der Waals surface area contributed by atoms with Gasteiger partial charge in [0.2, 0.25) is 0 Å². The van der Waals surface area contributed by atoms with Gasteiger partial charge in [-0.1, -0.05) is 12.1 Å². The molecule has 6 heteroatoms. The van der Waals surface area contributed by atoms with Gasteiger partial charge < -0.3 is 26.4 Å². The zero-order chi connectivity index (χ0) is 13.1. The molecule has 0 aliphatic heterocycles. The molecule has 2 aromatic rings. The van der Waals surface area contributed by atoms with Gasteiger partial charge in [0.05, 0.1) is 25.6 Å². The molecule has 0 bridgehead atoms. The summed E-state index contributed by atoms with van der Waals surface area (Å²) in [5.41, 5.74) is 14.8. The van der Waals surface area contributed by atoms with Crippen LogP contribution in [-0.2, 0) is 0 Å². The highest BCUT2D eigenvalue weighted by Crippen LogP contribution is 2.32. The van der Waals surface area contributed by atoms with E-state index < -0.39 is 0 Å². The Hall–Kier alpha value is -2.11. The zero-order valence-corrected chi connectivity index (χ0v) is 12.2. The lowest BCUT2D eigenvalue weighted by atomic mass is 10.0. The maximum atomic E-state index is 5.79. The molecule has 0 radical (unpaired) electrons. The minimum atomic E-state index is 0. The summed E-state index contributed by atoms with van der Waals surface area (Å²) in [6.07, 6.45) is 0. The Morgan fingerprint density at radius 1 is 0.750 bits per heavy atom. The molecule has 20 heavy (non-hydrogen) atoms. The smallest absolute Gasteiger partial charge is 0.142 e. The summed E-state index contributed by atoms with van der Waals surface area (Å²) in [7, 11) is 3.19. The van der Waals surface area contributed by atoms with Gasteiger partial charge in [-0.15, -0.1) is 12.4 Å². The summed E-state index contributed by atoms with van der Waals surface area (Å²) in [6, 6.07) is 11.3. The molecule has 0 heterocycles. The minimum Gasteiger partial charge on any atom is -0.495 e. The minimum absolute atomic E-state index is 0. The molecule has 0 unspecified atom stereocenters. The number of methoxy groups -OCH3 is 2. The zero-order valence-electron chi connectivity index (χ0n) is 11.3. The molecule has 0 amide bonds. The monoisotopic (exact) mass is 298 g/mol. The fraction of sp³-hybridized carbons (Fsp3) is 0.143. The number of hydrogen-bond acceptors (Lipinski definition) is 4. The second-order valence-electron chi connectivity index (χ2n) is 3.91. The number of nitrogens with two attached hydrogens (primary N) is 2. The first-order valence-corrected chi connectivity index (χ1v) is 5.53. The third-order valence-electron chi connectivity index (χ3n) is 2.80. The molecule has 2 aromatic carbocycles. The number of ether oxygens (including phenoxy) is 2. The first-order valence-electron chi connectivity index (χ1n) is 5.53. The number of nitrogen functional groups attached to an aromatic ring is 2. The molecule has 0 spiro atoms. The lowest BCUT2D eigenvalue weighted by Crippen LogP contribution is -1.94. The summed E-state index contributed by atoms with van der Waals surface area (Å²) >= 11 is 0. The summed E-state index contributed by atoms with van der Waals surface area (Å²) < 4.78 is 10.4. The molecular weight excluding hydrogens is 280 g/mol. The van der Waals surface area contributed by atoms with Crippen molar-refractivity contribution in [3.8, 4) is 22.6 Å². The van der Waals surface area contributed by atoms with Crippen molar-refractivity contribution in [1.82, 2.24) is 0 Å². The van der Waals surface area contributed by atoms with Crippen LogP contribution < -0.4 is 20.9 Å². The average molecular weight is 299 g/mol. The van der Waals surface area contributed by atoms with Gasteiger partial charge in [0.15, 0.2) is 0 Å². The molecule has 5 nitrogen and oxygen atoms in total. The van der Waals surface area contributed by atoms with Crippen LogP contribution in [0.1, 0.15) is 0 Å². The van der Waals surface area contributed by atoms with E-state index in [2.05, 4.69) is 0 Å². The standard InChI is InChI=1S/C14H16N2O2.ClH.H2O/c1-17-13-7-9(3-5-11(13)15)10-4-6-12(16)14(8-10)18-2;;/h3-8H,15-16H2,1-2H3;1H;1H2. The highest BCUT2D eigenvalue weighted by Gasteiger charge is 2.06. The molecule has 0 aromatic heterocycles. The SMILES string of the molecule is COc1cc(-c2ccc(N)c(OC)c2)ccc1N.Cl.O. The largest absolute Gasteiger partial charge is 0.495 e. The van der Waals surface area contributed by atoms with E-state index in [1.807, 2.05) is 36.4 Å². The van der Waals surface area contributed by atoms with E-state index in [0.29, 0.717) is 22.9 Å². The van der Waals surface area contributed by atoms with E-state index in [9.17, 15) is 0 Å². The Balaban J connectivity index is 0.00000180. The fourth-order valence-electron chi connectivity index (χ4n) is 1.78. The summed E-state index contributed by atoms with van der Waals surface area (Å²) in [4.78, 5) is 0. The Morgan fingerprint density at radius 3 is 1.40 bits per heavy atom. The highest BCUT2D eigenvalue weighted by molar-refractivity contribution is 5.85. The molecule has 6 N–H and O–H groups in total. The van der Waals surface area contributed by atoms with Gasteiger partial charge in [-0.05, 0) is 35.4 Å². The fourth-order valence-corrected chi connectivity index (χ4v) is 1.78. The quantitative estimate of drug-likeness (QED) is 0.847. The highest BCUT2D eigenvalue weighted by atomic mass is 35.5. The van der Waals surface area contributed by atoms with Crippen LogP contribution in [0.2, 0.25) is 0 Å². The molecule has 0 fully saturated rings. The molecule has 0 saturated carbocycles. The van der Waals surface area contributed by atoms with Crippen molar-refractivity contribution in [2.24, 2.45) is 0 Å². The predicted molar refractivity (Wildman–Crippen MR) is 84.7 cm³/mol. The topological polar surface area (TPSA) is 102 Å². The van der Waals surface area contributed by atoms with Crippen molar-refractivity contribution in [2.75, 3.05) is 25.7 Å². The maximum Gasteiger partial charge on any atom is 0.142 e. The molecule has 0 aliphatic rings. The third kappa shape index (κ3) is 3.46. The maximum absolute atomic E-state index is 5.79. The van der Waals surface area contributed by atoms with Gasteiger partial charge in [-0.25, -0.2) is 0 Å². The van der Waals surface area contributed by atoms with E-state index >= 15 is 0 Å². The third-order valence-corrected chi connectivity index (χ3v) is 2.80. The molecule has 110 valence electrons. The van der Waals surface area contributed by atoms with Gasteiger partial charge in [0.25, 0.3) is 0 Å². The lowest BCUT2D eigenvalue weighted by molar-refractivity contribution is 0.416. The van der Waals surface area contributed by atoms with Crippen molar-refractivity contribution in [2.45, 2.75) is 0 Å². The Bertz CT molecular complexity index is 525. The second-order valence-corrected chi connectivity index (χ2v) is 3.91. The molecule has 0 aliphatic carbocycles. The van der Waals surface area contributed by atoms with Crippen LogP contribution in [0.25, 0.3) is 11.1 Å². The van der Waals surface area contributed by atoms with E-state index in [0.717, 1.165) is 11.1 Å². The van der Waals surface area contributed by atoms with Crippen LogP contribution in [0, 0.1) is 0 Å². The molecular formula is C14H19ClN2O3. The van der Waals surface area contributed by atoms with Crippen molar-refractivity contribution >= 4 is 23.8 Å². The van der Waals surface area contributed by atoms with Gasteiger partial charge in [-0.2, -0.15) is 0 Å². The van der Waals surface area contributed by atoms with Gasteiger partial charge >= 0.3 is 0 Å². The lowest BCUT2D eigenvalue weighted by Gasteiger charge is -2.10. The Labute approximate surface area is 124 Å². The van der Waals surface area contributed by atoms with E-state index in [1.165, 1.54) is 0 Å². The summed E-state index contributed by atoms with van der Waals surface area (Å²) in [5, 5.41) is 0. The van der Waals surface area contributed by atoms with Crippen molar-refractivity contribution < 1.29 is 14.9 Å². The normalized spacial score (nSPS) is 9.10. The van der Waals surface area contributed by atoms with Crippen molar-refractivity contribution in [1.29, 1.82) is 0 Å². The van der Waals surface area contributed by atoms with Crippen LogP contribution in [0.5, 0.6) is 11.5 Å². The molecule has 0 saturated heterocycles. The second kappa shape index (κ2) is 7.47. The van der Waals surface area contributed by atoms with Crippen molar-refractivity contribution in [3.63, 3.8) is 0 Å². The summed E-state index contributed by atoms with van der Waals surface area (Å²) in [5.74, 6) is 1.31. The van der Waals surface area contributed by atoms with Gasteiger partial charge in [0, 0.05) is 0 Å².